The van der Waals surface area contributed by atoms with Gasteiger partial charge in [0.05, 0.1) is 4.90 Å². The fourth-order valence-electron chi connectivity index (χ4n) is 2.11. The summed E-state index contributed by atoms with van der Waals surface area (Å²) in [6.07, 6.45) is 0.811. The number of anilines is 1. The van der Waals surface area contributed by atoms with Gasteiger partial charge in [0.25, 0.3) is 10.0 Å². The molecule has 1 aliphatic rings. The van der Waals surface area contributed by atoms with E-state index in [2.05, 4.69) is 20.2 Å². The first-order valence-corrected chi connectivity index (χ1v) is 7.97. The fraction of sp³-hybridized carbons (Fsp3) is 0.250. The monoisotopic (exact) mass is 312 g/mol. The molecule has 2 aromatic rings. The van der Waals surface area contributed by atoms with Gasteiger partial charge in [-0.05, 0) is 24.3 Å². The molecule has 0 aliphatic carbocycles. The molecule has 2 heterocycles. The number of fused-ring (bicyclic) bond motifs is 1. The van der Waals surface area contributed by atoms with Gasteiger partial charge in [-0.2, -0.15) is 5.10 Å². The van der Waals surface area contributed by atoms with Gasteiger partial charge in [-0.1, -0.05) is 11.6 Å². The number of sulfonamides is 1. The molecule has 0 saturated heterocycles. The highest BCUT2D eigenvalue weighted by Crippen LogP contribution is 2.23. The van der Waals surface area contributed by atoms with Crippen LogP contribution >= 0.6 is 11.6 Å². The van der Waals surface area contributed by atoms with Crippen molar-refractivity contribution >= 4 is 27.4 Å². The first-order valence-electron chi connectivity index (χ1n) is 6.11. The summed E-state index contributed by atoms with van der Waals surface area (Å²) in [5.41, 5.74) is 1.84. The third kappa shape index (κ3) is 2.52. The summed E-state index contributed by atoms with van der Waals surface area (Å²) >= 11 is 5.76. The highest BCUT2D eigenvalue weighted by Gasteiger charge is 2.21. The van der Waals surface area contributed by atoms with Gasteiger partial charge < -0.3 is 5.32 Å². The van der Waals surface area contributed by atoms with Crippen LogP contribution < -0.4 is 10.0 Å². The van der Waals surface area contributed by atoms with Crippen LogP contribution in [-0.4, -0.2) is 25.2 Å². The third-order valence-corrected chi connectivity index (χ3v) is 4.77. The molecule has 6 nitrogen and oxygen atoms in total. The highest BCUT2D eigenvalue weighted by atomic mass is 35.5. The predicted octanol–water partition coefficient (Wildman–Crippen LogP) is 1.51. The molecule has 1 aromatic heterocycles. The molecule has 3 N–H and O–H groups in total. The maximum absolute atomic E-state index is 12.3. The third-order valence-electron chi connectivity index (χ3n) is 3.16. The first-order chi connectivity index (χ1) is 9.56. The summed E-state index contributed by atoms with van der Waals surface area (Å²) in [7, 11) is -3.65. The van der Waals surface area contributed by atoms with Crippen molar-refractivity contribution in [3.8, 4) is 0 Å². The van der Waals surface area contributed by atoms with E-state index in [0.29, 0.717) is 17.4 Å². The van der Waals surface area contributed by atoms with E-state index in [1.165, 1.54) is 24.3 Å². The van der Waals surface area contributed by atoms with Crippen molar-refractivity contribution in [1.82, 2.24) is 15.5 Å². The van der Waals surface area contributed by atoms with Gasteiger partial charge in [-0.25, -0.2) is 8.42 Å². The van der Waals surface area contributed by atoms with Crippen LogP contribution in [0, 0.1) is 0 Å². The highest BCUT2D eigenvalue weighted by molar-refractivity contribution is 7.92. The molecule has 20 heavy (non-hydrogen) atoms. The zero-order chi connectivity index (χ0) is 14.2. The summed E-state index contributed by atoms with van der Waals surface area (Å²) in [5.74, 6) is 0.349. The van der Waals surface area contributed by atoms with Crippen LogP contribution in [0.2, 0.25) is 5.02 Å². The van der Waals surface area contributed by atoms with E-state index in [4.69, 9.17) is 11.6 Å². The van der Waals surface area contributed by atoms with Gasteiger partial charge in [0.15, 0.2) is 5.82 Å². The second kappa shape index (κ2) is 5.08. The van der Waals surface area contributed by atoms with Crippen LogP contribution in [0.4, 0.5) is 5.82 Å². The smallest absolute Gasteiger partial charge is 0.263 e. The van der Waals surface area contributed by atoms with Crippen LogP contribution in [0.3, 0.4) is 0 Å². The van der Waals surface area contributed by atoms with Gasteiger partial charge in [0.2, 0.25) is 0 Å². The van der Waals surface area contributed by atoms with E-state index in [1.54, 1.807) is 0 Å². The Labute approximate surface area is 121 Å². The molecular weight excluding hydrogens is 300 g/mol. The number of H-pyrrole nitrogens is 1. The molecule has 0 saturated carbocycles. The van der Waals surface area contributed by atoms with Crippen LogP contribution in [0.15, 0.2) is 29.2 Å². The molecule has 1 aromatic carbocycles. The average Bonchev–Trinajstić information content (AvgIpc) is 2.82. The Morgan fingerprint density at radius 3 is 2.75 bits per heavy atom. The quantitative estimate of drug-likeness (QED) is 0.802. The number of aromatic nitrogens is 2. The minimum atomic E-state index is -3.65. The van der Waals surface area contributed by atoms with Crippen molar-refractivity contribution in [3.63, 3.8) is 0 Å². The van der Waals surface area contributed by atoms with Crippen molar-refractivity contribution in [3.05, 3.63) is 40.5 Å². The molecule has 0 radical (unpaired) electrons. The first kappa shape index (κ1) is 13.4. The van der Waals surface area contributed by atoms with Crippen molar-refractivity contribution in [1.29, 1.82) is 0 Å². The van der Waals surface area contributed by atoms with E-state index < -0.39 is 10.0 Å². The number of benzene rings is 1. The van der Waals surface area contributed by atoms with Crippen molar-refractivity contribution in [2.75, 3.05) is 11.3 Å². The number of hydrogen-bond donors (Lipinski definition) is 3. The lowest BCUT2D eigenvalue weighted by Gasteiger charge is -2.13. The molecule has 0 bridgehead atoms. The van der Waals surface area contributed by atoms with E-state index in [0.717, 1.165) is 24.2 Å². The van der Waals surface area contributed by atoms with Gasteiger partial charge in [0.1, 0.15) is 0 Å². The standard InChI is InChI=1S/C12H13ClN4O2S/c13-8-1-3-9(4-2-8)20(18,19)17-12-10-7-14-6-5-11(10)15-16-12/h1-4,14H,5-7H2,(H2,15,16,17). The van der Waals surface area contributed by atoms with E-state index >= 15 is 0 Å². The fourth-order valence-corrected chi connectivity index (χ4v) is 3.27. The molecule has 3 rings (SSSR count). The number of hydrogen-bond acceptors (Lipinski definition) is 4. The molecule has 0 amide bonds. The minimum absolute atomic E-state index is 0.155. The van der Waals surface area contributed by atoms with Crippen molar-refractivity contribution in [2.24, 2.45) is 0 Å². The molecular formula is C12H13ClN4O2S. The molecule has 0 spiro atoms. The number of rotatable bonds is 3. The molecule has 1 aliphatic heterocycles. The van der Waals surface area contributed by atoms with Crippen molar-refractivity contribution < 1.29 is 8.42 Å². The SMILES string of the molecule is O=S(=O)(Nc1n[nH]c2c1CNCC2)c1ccc(Cl)cc1. The van der Waals surface area contributed by atoms with Crippen LogP contribution in [0.25, 0.3) is 0 Å². The summed E-state index contributed by atoms with van der Waals surface area (Å²) in [5, 5.41) is 10.6. The zero-order valence-corrected chi connectivity index (χ0v) is 12.1. The second-order valence-electron chi connectivity index (χ2n) is 4.52. The number of nitrogens with zero attached hydrogens (tertiary/aromatic N) is 1. The van der Waals surface area contributed by atoms with Gasteiger partial charge >= 0.3 is 0 Å². The maximum Gasteiger partial charge on any atom is 0.263 e. The minimum Gasteiger partial charge on any atom is -0.312 e. The van der Waals surface area contributed by atoms with Gasteiger partial charge in [-0.3, -0.25) is 9.82 Å². The van der Waals surface area contributed by atoms with E-state index in [1.807, 2.05) is 0 Å². The molecule has 0 atom stereocenters. The topological polar surface area (TPSA) is 86.9 Å². The van der Waals surface area contributed by atoms with Crippen LogP contribution in [0.1, 0.15) is 11.3 Å². The van der Waals surface area contributed by atoms with Crippen LogP contribution in [0.5, 0.6) is 0 Å². The molecule has 0 unspecified atom stereocenters. The Bertz CT molecular complexity index is 724. The molecule has 106 valence electrons. The Kier molecular flexibility index (Phi) is 3.41. The zero-order valence-electron chi connectivity index (χ0n) is 10.5. The van der Waals surface area contributed by atoms with Gasteiger partial charge in [0, 0.05) is 35.8 Å². The Morgan fingerprint density at radius 1 is 1.25 bits per heavy atom. The summed E-state index contributed by atoms with van der Waals surface area (Å²) in [6, 6.07) is 6.00. The lowest BCUT2D eigenvalue weighted by atomic mass is 10.1. The van der Waals surface area contributed by atoms with Crippen LogP contribution in [-0.2, 0) is 23.0 Å². The maximum atomic E-state index is 12.3. The largest absolute Gasteiger partial charge is 0.312 e. The Morgan fingerprint density at radius 2 is 2.00 bits per heavy atom. The Hall–Kier alpha value is -1.57. The summed E-state index contributed by atoms with van der Waals surface area (Å²) < 4.78 is 27.0. The van der Waals surface area contributed by atoms with E-state index in [-0.39, 0.29) is 4.90 Å². The molecule has 0 fully saturated rings. The summed E-state index contributed by atoms with van der Waals surface area (Å²) in [6.45, 7) is 1.46. The number of nitrogens with one attached hydrogen (secondary N) is 3. The lowest BCUT2D eigenvalue weighted by Crippen LogP contribution is -2.24. The molecule has 8 heteroatoms. The average molecular weight is 313 g/mol. The van der Waals surface area contributed by atoms with Gasteiger partial charge in [-0.15, -0.1) is 0 Å². The van der Waals surface area contributed by atoms with E-state index in [9.17, 15) is 8.42 Å². The van der Waals surface area contributed by atoms with Crippen molar-refractivity contribution in [2.45, 2.75) is 17.9 Å². The lowest BCUT2D eigenvalue weighted by molar-refractivity contribution is 0.600. The predicted molar refractivity (Wildman–Crippen MR) is 76.3 cm³/mol. The summed E-state index contributed by atoms with van der Waals surface area (Å²) in [4.78, 5) is 0.155. The Balaban J connectivity index is 1.90. The number of aromatic amines is 1. The second-order valence-corrected chi connectivity index (χ2v) is 6.63. The normalized spacial score (nSPS) is 14.8. The number of halogens is 1.